The molecule has 5 heteroatoms. The van der Waals surface area contributed by atoms with Crippen molar-refractivity contribution in [2.75, 3.05) is 26.3 Å². The van der Waals surface area contributed by atoms with Crippen molar-refractivity contribution < 1.29 is 4.74 Å². The van der Waals surface area contributed by atoms with Crippen LogP contribution in [0.3, 0.4) is 0 Å². The zero-order valence-corrected chi connectivity index (χ0v) is 10.2. The number of hydrogen-bond acceptors (Lipinski definition) is 3. The fourth-order valence-electron chi connectivity index (χ4n) is 1.57. The van der Waals surface area contributed by atoms with Crippen molar-refractivity contribution in [3.05, 3.63) is 0 Å². The van der Waals surface area contributed by atoms with E-state index in [0.29, 0.717) is 5.96 Å². The molecule has 1 saturated carbocycles. The van der Waals surface area contributed by atoms with Crippen molar-refractivity contribution in [3.63, 3.8) is 0 Å². The van der Waals surface area contributed by atoms with Gasteiger partial charge < -0.3 is 10.1 Å². The van der Waals surface area contributed by atoms with Crippen molar-refractivity contribution in [2.45, 2.75) is 32.6 Å². The second-order valence-electron chi connectivity index (χ2n) is 4.11. The van der Waals surface area contributed by atoms with Gasteiger partial charge in [0.1, 0.15) is 0 Å². The first-order valence-corrected chi connectivity index (χ1v) is 6.19. The first-order valence-electron chi connectivity index (χ1n) is 6.19. The molecule has 0 heterocycles. The van der Waals surface area contributed by atoms with Gasteiger partial charge in [0.2, 0.25) is 5.96 Å². The number of nitrogens with two attached hydrogens (primary N) is 1. The summed E-state index contributed by atoms with van der Waals surface area (Å²) in [6, 6.07) is 0. The molecule has 0 bridgehead atoms. The van der Waals surface area contributed by atoms with E-state index >= 15 is 0 Å². The van der Waals surface area contributed by atoms with Crippen LogP contribution in [-0.4, -0.2) is 32.3 Å². The molecule has 94 valence electrons. The first-order chi connectivity index (χ1) is 7.86. The maximum absolute atomic E-state index is 5.38. The van der Waals surface area contributed by atoms with Crippen LogP contribution in [0.2, 0.25) is 0 Å². The molecule has 5 nitrogen and oxygen atoms in total. The Labute approximate surface area is 97.8 Å². The van der Waals surface area contributed by atoms with E-state index in [0.717, 1.165) is 38.6 Å². The molecule has 0 aromatic heterocycles. The Morgan fingerprint density at radius 1 is 1.50 bits per heavy atom. The molecule has 0 aromatic rings. The summed E-state index contributed by atoms with van der Waals surface area (Å²) in [5, 5.41) is 3.17. The molecule has 4 N–H and O–H groups in total. The SMILES string of the molecule is CCOCCCNC(=NCC1CCC1)NN. The normalized spacial score (nSPS) is 17.0. The minimum Gasteiger partial charge on any atom is -0.382 e. The summed E-state index contributed by atoms with van der Waals surface area (Å²) >= 11 is 0. The van der Waals surface area contributed by atoms with E-state index in [2.05, 4.69) is 15.7 Å². The summed E-state index contributed by atoms with van der Waals surface area (Å²) < 4.78 is 5.24. The Bertz CT molecular complexity index is 204. The Morgan fingerprint density at radius 3 is 2.88 bits per heavy atom. The maximum atomic E-state index is 5.38. The lowest BCUT2D eigenvalue weighted by atomic mass is 9.86. The van der Waals surface area contributed by atoms with Crippen LogP contribution in [0.5, 0.6) is 0 Å². The molecule has 0 saturated heterocycles. The molecule has 16 heavy (non-hydrogen) atoms. The number of ether oxygens (including phenoxy) is 1. The second-order valence-corrected chi connectivity index (χ2v) is 4.11. The van der Waals surface area contributed by atoms with E-state index in [1.807, 2.05) is 6.92 Å². The molecule has 0 spiro atoms. The van der Waals surface area contributed by atoms with Crippen LogP contribution in [0, 0.1) is 5.92 Å². The number of nitrogens with zero attached hydrogens (tertiary/aromatic N) is 1. The van der Waals surface area contributed by atoms with E-state index in [1.54, 1.807) is 0 Å². The van der Waals surface area contributed by atoms with Crippen molar-refractivity contribution in [2.24, 2.45) is 16.8 Å². The lowest BCUT2D eigenvalue weighted by Crippen LogP contribution is -2.42. The number of hydrogen-bond donors (Lipinski definition) is 3. The zero-order chi connectivity index (χ0) is 11.6. The largest absolute Gasteiger partial charge is 0.382 e. The molecule has 1 aliphatic rings. The predicted molar refractivity (Wildman–Crippen MR) is 66.1 cm³/mol. The van der Waals surface area contributed by atoms with Gasteiger partial charge in [-0.1, -0.05) is 6.42 Å². The predicted octanol–water partition coefficient (Wildman–Crippen LogP) is 0.622. The fraction of sp³-hybridized carbons (Fsp3) is 0.909. The molecule has 0 atom stereocenters. The standard InChI is InChI=1S/C11H24N4O/c1-2-16-8-4-7-13-11(15-12)14-9-10-5-3-6-10/h10H,2-9,12H2,1H3,(H2,13,14,15). The topological polar surface area (TPSA) is 71.7 Å². The van der Waals surface area contributed by atoms with Crippen LogP contribution in [-0.2, 0) is 4.74 Å². The number of rotatable bonds is 7. The highest BCUT2D eigenvalue weighted by molar-refractivity contribution is 5.79. The van der Waals surface area contributed by atoms with Gasteiger partial charge in [-0.3, -0.25) is 10.4 Å². The Kier molecular flexibility index (Phi) is 6.92. The van der Waals surface area contributed by atoms with E-state index in [4.69, 9.17) is 10.6 Å². The summed E-state index contributed by atoms with van der Waals surface area (Å²) in [7, 11) is 0. The van der Waals surface area contributed by atoms with Crippen LogP contribution in [0.25, 0.3) is 0 Å². The highest BCUT2D eigenvalue weighted by Gasteiger charge is 2.16. The number of hydrazine groups is 1. The minimum absolute atomic E-state index is 0.698. The van der Waals surface area contributed by atoms with Gasteiger partial charge in [-0.25, -0.2) is 5.84 Å². The molecule has 1 fully saturated rings. The molecular formula is C11H24N4O. The fourth-order valence-corrected chi connectivity index (χ4v) is 1.57. The van der Waals surface area contributed by atoms with Crippen molar-refractivity contribution >= 4 is 5.96 Å². The highest BCUT2D eigenvalue weighted by atomic mass is 16.5. The van der Waals surface area contributed by atoms with Crippen LogP contribution in [0.1, 0.15) is 32.6 Å². The summed E-state index contributed by atoms with van der Waals surface area (Å²) in [4.78, 5) is 4.41. The Morgan fingerprint density at radius 2 is 2.31 bits per heavy atom. The smallest absolute Gasteiger partial charge is 0.205 e. The molecule has 0 amide bonds. The molecule has 0 radical (unpaired) electrons. The van der Waals surface area contributed by atoms with Gasteiger partial charge in [0, 0.05) is 26.3 Å². The maximum Gasteiger partial charge on any atom is 0.205 e. The first kappa shape index (κ1) is 13.3. The molecule has 0 aromatic carbocycles. The summed E-state index contributed by atoms with van der Waals surface area (Å²) in [5.41, 5.74) is 2.59. The summed E-state index contributed by atoms with van der Waals surface area (Å²) in [6.07, 6.45) is 4.95. The van der Waals surface area contributed by atoms with E-state index < -0.39 is 0 Å². The summed E-state index contributed by atoms with van der Waals surface area (Å²) in [5.74, 6) is 6.85. The molecular weight excluding hydrogens is 204 g/mol. The van der Waals surface area contributed by atoms with Crippen LogP contribution >= 0.6 is 0 Å². The van der Waals surface area contributed by atoms with E-state index in [-0.39, 0.29) is 0 Å². The van der Waals surface area contributed by atoms with Gasteiger partial charge in [0.25, 0.3) is 0 Å². The lowest BCUT2D eigenvalue weighted by Gasteiger charge is -2.23. The van der Waals surface area contributed by atoms with Crippen molar-refractivity contribution in [3.8, 4) is 0 Å². The van der Waals surface area contributed by atoms with Crippen LogP contribution in [0.15, 0.2) is 4.99 Å². The van der Waals surface area contributed by atoms with Gasteiger partial charge in [0.05, 0.1) is 0 Å². The van der Waals surface area contributed by atoms with Gasteiger partial charge in [-0.15, -0.1) is 0 Å². The third-order valence-corrected chi connectivity index (χ3v) is 2.83. The average Bonchev–Trinajstić information content (AvgIpc) is 2.24. The number of guanidine groups is 1. The highest BCUT2D eigenvalue weighted by Crippen LogP contribution is 2.26. The van der Waals surface area contributed by atoms with Crippen molar-refractivity contribution in [1.82, 2.24) is 10.7 Å². The average molecular weight is 228 g/mol. The van der Waals surface area contributed by atoms with Gasteiger partial charge in [-0.05, 0) is 32.1 Å². The Hall–Kier alpha value is -0.810. The van der Waals surface area contributed by atoms with Gasteiger partial charge in [-0.2, -0.15) is 0 Å². The number of nitrogens with one attached hydrogen (secondary N) is 2. The molecule has 0 aliphatic heterocycles. The number of aliphatic imine (C=N–C) groups is 1. The molecule has 1 aliphatic carbocycles. The lowest BCUT2D eigenvalue weighted by molar-refractivity contribution is 0.145. The third-order valence-electron chi connectivity index (χ3n) is 2.83. The quantitative estimate of drug-likeness (QED) is 0.196. The zero-order valence-electron chi connectivity index (χ0n) is 10.2. The second kappa shape index (κ2) is 8.35. The van der Waals surface area contributed by atoms with Crippen molar-refractivity contribution in [1.29, 1.82) is 0 Å². The Balaban J connectivity index is 2.05. The van der Waals surface area contributed by atoms with E-state index in [9.17, 15) is 0 Å². The van der Waals surface area contributed by atoms with Crippen LogP contribution in [0.4, 0.5) is 0 Å². The monoisotopic (exact) mass is 228 g/mol. The van der Waals surface area contributed by atoms with Crippen LogP contribution < -0.4 is 16.6 Å². The van der Waals surface area contributed by atoms with Gasteiger partial charge >= 0.3 is 0 Å². The summed E-state index contributed by atoms with van der Waals surface area (Å²) in [6.45, 7) is 5.29. The van der Waals surface area contributed by atoms with E-state index in [1.165, 1.54) is 19.3 Å². The third kappa shape index (κ3) is 5.32. The molecule has 0 unspecified atom stereocenters. The minimum atomic E-state index is 0.698. The molecule has 1 rings (SSSR count). The van der Waals surface area contributed by atoms with Gasteiger partial charge in [0.15, 0.2) is 0 Å².